The Morgan fingerprint density at radius 1 is 1.04 bits per heavy atom. The fraction of sp³-hybridized carbons (Fsp3) is 0.222. The molecule has 0 aromatic heterocycles. The van der Waals surface area contributed by atoms with Gasteiger partial charge in [0.2, 0.25) is 5.17 Å². The summed E-state index contributed by atoms with van der Waals surface area (Å²) < 4.78 is 0. The molecule has 0 unspecified atom stereocenters. The van der Waals surface area contributed by atoms with Gasteiger partial charge in [-0.1, -0.05) is 68.2 Å². The van der Waals surface area contributed by atoms with Gasteiger partial charge in [0.1, 0.15) is 0 Å². The van der Waals surface area contributed by atoms with Crippen LogP contribution in [0, 0.1) is 0 Å². The van der Waals surface area contributed by atoms with Gasteiger partial charge >= 0.3 is 0 Å². The van der Waals surface area contributed by atoms with E-state index in [4.69, 9.17) is 23.2 Å². The number of hydrazone groups is 1. The van der Waals surface area contributed by atoms with Crippen LogP contribution < -0.4 is 10.7 Å². The van der Waals surface area contributed by atoms with Crippen LogP contribution in [0.5, 0.6) is 0 Å². The number of para-hydroxylation sites is 1. The van der Waals surface area contributed by atoms with Crippen molar-refractivity contribution in [1.82, 2.24) is 0 Å². The van der Waals surface area contributed by atoms with Crippen molar-refractivity contribution in [2.24, 2.45) is 5.10 Å². The first-order chi connectivity index (χ1) is 11.3. The number of carbonyl (C=O) groups excluding carboxylic acids is 1. The maximum Gasteiger partial charge on any atom is 0.287 e. The van der Waals surface area contributed by atoms with Crippen LogP contribution in [-0.2, 0) is 10.2 Å². The first-order valence-corrected chi connectivity index (χ1v) is 8.18. The Kier molecular flexibility index (Phi) is 5.86. The summed E-state index contributed by atoms with van der Waals surface area (Å²) in [4.78, 5) is 12.0. The third-order valence-corrected chi connectivity index (χ3v) is 3.93. The van der Waals surface area contributed by atoms with Crippen molar-refractivity contribution in [3.8, 4) is 0 Å². The molecule has 0 aliphatic rings. The predicted octanol–water partition coefficient (Wildman–Crippen LogP) is 5.24. The van der Waals surface area contributed by atoms with E-state index in [2.05, 4.69) is 36.6 Å². The zero-order valence-corrected chi connectivity index (χ0v) is 15.2. The monoisotopic (exact) mass is 363 g/mol. The fourth-order valence-corrected chi connectivity index (χ4v) is 2.22. The Balaban J connectivity index is 2.00. The lowest BCUT2D eigenvalue weighted by atomic mass is 9.87. The van der Waals surface area contributed by atoms with Gasteiger partial charge in [-0.15, -0.1) is 0 Å². The number of nitrogens with zero attached hydrogens (tertiary/aromatic N) is 1. The second-order valence-corrected chi connectivity index (χ2v) is 7.04. The van der Waals surface area contributed by atoms with Gasteiger partial charge in [0.25, 0.3) is 5.91 Å². The van der Waals surface area contributed by atoms with Gasteiger partial charge in [0, 0.05) is 0 Å². The largest absolute Gasteiger partial charge is 0.318 e. The number of hydrogen-bond donors (Lipinski definition) is 2. The van der Waals surface area contributed by atoms with E-state index in [0.29, 0.717) is 10.7 Å². The van der Waals surface area contributed by atoms with E-state index >= 15 is 0 Å². The molecule has 0 fully saturated rings. The zero-order chi connectivity index (χ0) is 17.7. The smallest absolute Gasteiger partial charge is 0.287 e. The lowest BCUT2D eigenvalue weighted by Crippen LogP contribution is -2.19. The Labute approximate surface area is 151 Å². The zero-order valence-electron chi connectivity index (χ0n) is 13.7. The van der Waals surface area contributed by atoms with Crippen LogP contribution in [-0.4, -0.2) is 11.1 Å². The first kappa shape index (κ1) is 18.3. The minimum absolute atomic E-state index is 0.0777. The van der Waals surface area contributed by atoms with Gasteiger partial charge in [-0.3, -0.25) is 10.2 Å². The number of rotatable bonds is 4. The molecule has 0 saturated heterocycles. The topological polar surface area (TPSA) is 53.5 Å². The molecular weight excluding hydrogens is 345 g/mol. The van der Waals surface area contributed by atoms with Gasteiger partial charge in [-0.2, -0.15) is 5.10 Å². The summed E-state index contributed by atoms with van der Waals surface area (Å²) in [6.45, 7) is 6.43. The Morgan fingerprint density at radius 2 is 1.67 bits per heavy atom. The molecule has 0 aliphatic heterocycles. The summed E-state index contributed by atoms with van der Waals surface area (Å²) in [5.41, 5.74) is 5.27. The van der Waals surface area contributed by atoms with Crippen molar-refractivity contribution in [3.63, 3.8) is 0 Å². The van der Waals surface area contributed by atoms with Crippen LogP contribution in [0.1, 0.15) is 26.3 Å². The van der Waals surface area contributed by atoms with Crippen LogP contribution >= 0.6 is 23.2 Å². The maximum absolute atomic E-state index is 12.0. The maximum atomic E-state index is 12.0. The van der Waals surface area contributed by atoms with Crippen LogP contribution in [0.25, 0.3) is 0 Å². The molecule has 0 bridgehead atoms. The molecule has 0 radical (unpaired) electrons. The highest BCUT2D eigenvalue weighted by Crippen LogP contribution is 2.23. The minimum Gasteiger partial charge on any atom is -0.318 e. The van der Waals surface area contributed by atoms with E-state index < -0.39 is 5.91 Å². The first-order valence-electron chi connectivity index (χ1n) is 7.43. The van der Waals surface area contributed by atoms with Crippen molar-refractivity contribution >= 4 is 45.7 Å². The summed E-state index contributed by atoms with van der Waals surface area (Å²) >= 11 is 11.9. The summed E-state index contributed by atoms with van der Waals surface area (Å²) in [5.74, 6) is -0.538. The normalized spacial score (nSPS) is 12.0. The molecule has 0 heterocycles. The molecule has 0 atom stereocenters. The van der Waals surface area contributed by atoms with E-state index in [0.717, 1.165) is 5.69 Å². The van der Waals surface area contributed by atoms with E-state index in [-0.39, 0.29) is 10.6 Å². The molecule has 1 amide bonds. The van der Waals surface area contributed by atoms with Gasteiger partial charge in [0.05, 0.1) is 16.4 Å². The van der Waals surface area contributed by atoms with Gasteiger partial charge in [0.15, 0.2) is 0 Å². The molecule has 0 aliphatic carbocycles. The van der Waals surface area contributed by atoms with Crippen molar-refractivity contribution in [3.05, 3.63) is 59.1 Å². The summed E-state index contributed by atoms with van der Waals surface area (Å²) in [6, 6.07) is 14.7. The molecule has 24 heavy (non-hydrogen) atoms. The molecule has 0 saturated carbocycles. The highest BCUT2D eigenvalue weighted by atomic mass is 35.5. The van der Waals surface area contributed by atoms with Crippen LogP contribution in [0.3, 0.4) is 0 Å². The molecule has 4 nitrogen and oxygen atoms in total. The average molecular weight is 364 g/mol. The Hall–Kier alpha value is -2.04. The summed E-state index contributed by atoms with van der Waals surface area (Å²) in [5, 5.41) is 6.71. The number of nitrogens with one attached hydrogen (secondary N) is 2. The number of halogens is 2. The van der Waals surface area contributed by atoms with Crippen molar-refractivity contribution in [2.75, 3.05) is 10.7 Å². The van der Waals surface area contributed by atoms with Crippen LogP contribution in [0.4, 0.5) is 11.4 Å². The molecule has 2 aromatic carbocycles. The summed E-state index contributed by atoms with van der Waals surface area (Å²) in [7, 11) is 0. The number of anilines is 2. The van der Waals surface area contributed by atoms with Gasteiger partial charge in [-0.25, -0.2) is 0 Å². The average Bonchev–Trinajstić information content (AvgIpc) is 2.54. The van der Waals surface area contributed by atoms with Gasteiger partial charge in [-0.05, 0) is 35.2 Å². The highest BCUT2D eigenvalue weighted by Gasteiger charge is 2.13. The molecule has 6 heteroatoms. The molecule has 126 valence electrons. The van der Waals surface area contributed by atoms with Crippen molar-refractivity contribution in [1.29, 1.82) is 0 Å². The second kappa shape index (κ2) is 7.69. The van der Waals surface area contributed by atoms with Crippen molar-refractivity contribution < 1.29 is 4.79 Å². The van der Waals surface area contributed by atoms with E-state index in [1.807, 2.05) is 24.3 Å². The number of amides is 1. The second-order valence-electron chi connectivity index (χ2n) is 6.28. The van der Waals surface area contributed by atoms with E-state index in [1.165, 1.54) is 5.56 Å². The molecule has 2 N–H and O–H groups in total. The lowest BCUT2D eigenvalue weighted by molar-refractivity contribution is -0.110. The Morgan fingerprint density at radius 3 is 2.25 bits per heavy atom. The quantitative estimate of drug-likeness (QED) is 0.576. The molecule has 0 spiro atoms. The number of benzene rings is 2. The van der Waals surface area contributed by atoms with Crippen LogP contribution in [0.2, 0.25) is 5.02 Å². The lowest BCUT2D eigenvalue weighted by Gasteiger charge is -2.19. The fourth-order valence-electron chi connectivity index (χ4n) is 1.95. The summed E-state index contributed by atoms with van der Waals surface area (Å²) in [6.07, 6.45) is 0. The minimum atomic E-state index is -0.538. The predicted molar refractivity (Wildman–Crippen MR) is 102 cm³/mol. The highest BCUT2D eigenvalue weighted by molar-refractivity contribution is 6.84. The molecule has 2 aromatic rings. The number of hydrogen-bond acceptors (Lipinski definition) is 3. The van der Waals surface area contributed by atoms with Gasteiger partial charge < -0.3 is 5.32 Å². The third-order valence-electron chi connectivity index (χ3n) is 3.34. The molecule has 2 rings (SSSR count). The third kappa shape index (κ3) is 4.98. The van der Waals surface area contributed by atoms with Crippen LogP contribution in [0.15, 0.2) is 53.6 Å². The number of carbonyl (C=O) groups is 1. The van der Waals surface area contributed by atoms with E-state index in [1.54, 1.807) is 24.3 Å². The van der Waals surface area contributed by atoms with E-state index in [9.17, 15) is 4.79 Å². The molecular formula is C18H19Cl2N3O. The SMILES string of the molecule is CC(C)(C)c1ccc(N/N=C(\Cl)C(=O)Nc2ccccc2Cl)cc1. The Bertz CT molecular complexity index is 750. The standard InChI is InChI=1S/C18H19Cl2N3O/c1-18(2,3)12-8-10-13(11-9-12)22-23-16(20)17(24)21-15-7-5-4-6-14(15)19/h4-11,22H,1-3H3,(H,21,24)/b23-16-. The van der Waals surface area contributed by atoms with Crippen molar-refractivity contribution in [2.45, 2.75) is 26.2 Å².